The molecule has 1 rings (SSSR count). The first-order valence-electron chi connectivity index (χ1n) is 4.19. The Morgan fingerprint density at radius 2 is 1.80 bits per heavy atom. The Balaban J connectivity index is 2.17. The second kappa shape index (κ2) is 3.97. The minimum absolute atomic E-state index is 0.552. The molecule has 0 N–H and O–H groups in total. The van der Waals surface area contributed by atoms with Crippen LogP contribution >= 0.6 is 0 Å². The quantitative estimate of drug-likeness (QED) is 0.574. The summed E-state index contributed by atoms with van der Waals surface area (Å²) in [5.41, 5.74) is 0. The summed E-state index contributed by atoms with van der Waals surface area (Å²) in [7, 11) is 1.82. The van der Waals surface area contributed by atoms with Crippen LogP contribution in [0, 0.1) is 12.3 Å². The van der Waals surface area contributed by atoms with E-state index in [-0.39, 0.29) is 0 Å². The molecule has 0 atom stereocenters. The summed E-state index contributed by atoms with van der Waals surface area (Å²) >= 11 is 0. The monoisotopic (exact) mass is 141 g/mol. The van der Waals surface area contributed by atoms with Crippen molar-refractivity contribution in [3.05, 3.63) is 6.42 Å². The van der Waals surface area contributed by atoms with E-state index in [0.29, 0.717) is 6.10 Å². The minimum atomic E-state index is 0.552. The second-order valence-corrected chi connectivity index (χ2v) is 3.11. The van der Waals surface area contributed by atoms with Crippen molar-refractivity contribution in [2.24, 2.45) is 5.92 Å². The third kappa shape index (κ3) is 1.98. The van der Waals surface area contributed by atoms with E-state index in [1.54, 1.807) is 0 Å². The Morgan fingerprint density at radius 1 is 1.20 bits per heavy atom. The standard InChI is InChI=1S/C9H17O/c1-3-8-4-6-9(10-2)7-5-8/h3,8-9H,4-7H2,1-2H3. The summed E-state index contributed by atoms with van der Waals surface area (Å²) in [5.74, 6) is 0.867. The SMILES string of the molecule is C[CH]C1CCC(OC)CC1. The summed E-state index contributed by atoms with van der Waals surface area (Å²) < 4.78 is 5.27. The van der Waals surface area contributed by atoms with E-state index in [0.717, 1.165) is 5.92 Å². The van der Waals surface area contributed by atoms with Gasteiger partial charge in [0.1, 0.15) is 0 Å². The first-order valence-corrected chi connectivity index (χ1v) is 4.19. The van der Waals surface area contributed by atoms with E-state index in [2.05, 4.69) is 13.3 Å². The van der Waals surface area contributed by atoms with Gasteiger partial charge in [-0.25, -0.2) is 0 Å². The highest BCUT2D eigenvalue weighted by molar-refractivity contribution is 4.79. The Bertz CT molecular complexity index is 70.7. The zero-order valence-electron chi connectivity index (χ0n) is 6.97. The first-order chi connectivity index (χ1) is 4.86. The van der Waals surface area contributed by atoms with Crippen molar-refractivity contribution in [3.63, 3.8) is 0 Å². The van der Waals surface area contributed by atoms with Crippen LogP contribution in [0.4, 0.5) is 0 Å². The molecule has 1 nitrogen and oxygen atoms in total. The third-order valence-electron chi connectivity index (χ3n) is 2.52. The molecule has 1 aliphatic rings. The van der Waals surface area contributed by atoms with Gasteiger partial charge in [0.25, 0.3) is 0 Å². The molecule has 0 aromatic heterocycles. The Morgan fingerprint density at radius 3 is 2.20 bits per heavy atom. The highest BCUT2D eigenvalue weighted by Gasteiger charge is 2.18. The van der Waals surface area contributed by atoms with E-state index in [4.69, 9.17) is 4.74 Å². The van der Waals surface area contributed by atoms with Gasteiger partial charge in [0.15, 0.2) is 0 Å². The van der Waals surface area contributed by atoms with E-state index in [1.807, 2.05) is 7.11 Å². The largest absolute Gasteiger partial charge is 0.381 e. The normalized spacial score (nSPS) is 34.2. The van der Waals surface area contributed by atoms with Crippen molar-refractivity contribution >= 4 is 0 Å². The van der Waals surface area contributed by atoms with Gasteiger partial charge in [-0.3, -0.25) is 0 Å². The third-order valence-corrected chi connectivity index (χ3v) is 2.52. The number of hydrogen-bond acceptors (Lipinski definition) is 1. The molecule has 1 saturated carbocycles. The summed E-state index contributed by atoms with van der Waals surface area (Å²) in [6, 6.07) is 0. The van der Waals surface area contributed by atoms with Crippen molar-refractivity contribution in [1.29, 1.82) is 0 Å². The maximum Gasteiger partial charge on any atom is 0.0571 e. The van der Waals surface area contributed by atoms with Crippen molar-refractivity contribution in [3.8, 4) is 0 Å². The Kier molecular flexibility index (Phi) is 3.20. The van der Waals surface area contributed by atoms with Crippen LogP contribution in [0.3, 0.4) is 0 Å². The van der Waals surface area contributed by atoms with Gasteiger partial charge in [0.2, 0.25) is 0 Å². The zero-order chi connectivity index (χ0) is 7.40. The van der Waals surface area contributed by atoms with Crippen LogP contribution in [0.15, 0.2) is 0 Å². The lowest BCUT2D eigenvalue weighted by Crippen LogP contribution is -2.19. The minimum Gasteiger partial charge on any atom is -0.381 e. The van der Waals surface area contributed by atoms with Gasteiger partial charge in [0, 0.05) is 7.11 Å². The molecule has 0 aliphatic heterocycles. The van der Waals surface area contributed by atoms with Gasteiger partial charge < -0.3 is 4.74 Å². The average molecular weight is 141 g/mol. The molecule has 0 bridgehead atoms. The number of rotatable bonds is 2. The van der Waals surface area contributed by atoms with Gasteiger partial charge in [0.05, 0.1) is 6.10 Å². The predicted molar refractivity (Wildman–Crippen MR) is 42.7 cm³/mol. The number of ether oxygens (including phenoxy) is 1. The molecule has 0 aromatic carbocycles. The van der Waals surface area contributed by atoms with Gasteiger partial charge in [-0.1, -0.05) is 6.92 Å². The van der Waals surface area contributed by atoms with Crippen LogP contribution in [0.2, 0.25) is 0 Å². The smallest absolute Gasteiger partial charge is 0.0571 e. The maximum atomic E-state index is 5.27. The van der Waals surface area contributed by atoms with Crippen molar-refractivity contribution < 1.29 is 4.74 Å². The fourth-order valence-corrected chi connectivity index (χ4v) is 1.66. The lowest BCUT2D eigenvalue weighted by molar-refractivity contribution is 0.0609. The fourth-order valence-electron chi connectivity index (χ4n) is 1.66. The molecular formula is C9H17O. The van der Waals surface area contributed by atoms with Crippen LogP contribution in [-0.2, 0) is 4.74 Å². The number of hydrogen-bond donors (Lipinski definition) is 0. The van der Waals surface area contributed by atoms with E-state index in [9.17, 15) is 0 Å². The van der Waals surface area contributed by atoms with Crippen molar-refractivity contribution in [1.82, 2.24) is 0 Å². The summed E-state index contributed by atoms with van der Waals surface area (Å²) in [5, 5.41) is 0. The predicted octanol–water partition coefficient (Wildman–Crippen LogP) is 2.42. The molecule has 59 valence electrons. The lowest BCUT2D eigenvalue weighted by atomic mass is 9.86. The molecule has 0 amide bonds. The molecular weight excluding hydrogens is 124 g/mol. The molecule has 1 aliphatic carbocycles. The Labute approximate surface area is 63.8 Å². The van der Waals surface area contributed by atoms with Crippen LogP contribution < -0.4 is 0 Å². The van der Waals surface area contributed by atoms with Crippen molar-refractivity contribution in [2.45, 2.75) is 38.7 Å². The molecule has 0 unspecified atom stereocenters. The van der Waals surface area contributed by atoms with Gasteiger partial charge in [-0.05, 0) is 38.0 Å². The number of methoxy groups -OCH3 is 1. The van der Waals surface area contributed by atoms with Gasteiger partial charge in [-0.15, -0.1) is 0 Å². The topological polar surface area (TPSA) is 9.23 Å². The summed E-state index contributed by atoms with van der Waals surface area (Å²) in [6.45, 7) is 2.16. The van der Waals surface area contributed by atoms with Crippen LogP contribution in [0.25, 0.3) is 0 Å². The molecule has 0 aromatic rings. The highest BCUT2D eigenvalue weighted by atomic mass is 16.5. The van der Waals surface area contributed by atoms with E-state index < -0.39 is 0 Å². The second-order valence-electron chi connectivity index (χ2n) is 3.11. The zero-order valence-corrected chi connectivity index (χ0v) is 6.97. The molecule has 10 heavy (non-hydrogen) atoms. The van der Waals surface area contributed by atoms with Gasteiger partial charge in [-0.2, -0.15) is 0 Å². The maximum absolute atomic E-state index is 5.27. The van der Waals surface area contributed by atoms with E-state index >= 15 is 0 Å². The van der Waals surface area contributed by atoms with E-state index in [1.165, 1.54) is 25.7 Å². The molecule has 1 radical (unpaired) electrons. The molecule has 0 heterocycles. The molecule has 1 fully saturated rings. The van der Waals surface area contributed by atoms with Crippen LogP contribution in [0.1, 0.15) is 32.6 Å². The summed E-state index contributed by atoms with van der Waals surface area (Å²) in [4.78, 5) is 0. The van der Waals surface area contributed by atoms with Gasteiger partial charge >= 0.3 is 0 Å². The first kappa shape index (κ1) is 8.06. The average Bonchev–Trinajstić information content (AvgIpc) is 2.05. The van der Waals surface area contributed by atoms with Crippen molar-refractivity contribution in [2.75, 3.05) is 7.11 Å². The summed E-state index contributed by atoms with van der Waals surface area (Å²) in [6.07, 6.45) is 8.04. The molecule has 0 saturated heterocycles. The lowest BCUT2D eigenvalue weighted by Gasteiger charge is -2.26. The van der Waals surface area contributed by atoms with Crippen LogP contribution in [-0.4, -0.2) is 13.2 Å². The highest BCUT2D eigenvalue weighted by Crippen LogP contribution is 2.26. The molecule has 0 spiro atoms. The fraction of sp³-hybridized carbons (Fsp3) is 0.889. The van der Waals surface area contributed by atoms with Crippen LogP contribution in [0.5, 0.6) is 0 Å². The Hall–Kier alpha value is -0.0400. The molecule has 1 heteroatoms.